The lowest BCUT2D eigenvalue weighted by molar-refractivity contribution is 0.715. The lowest BCUT2D eigenvalue weighted by Gasteiger charge is -1.98. The van der Waals surface area contributed by atoms with Gasteiger partial charge in [-0.25, -0.2) is 4.98 Å². The van der Waals surface area contributed by atoms with E-state index in [1.54, 1.807) is 18.3 Å². The summed E-state index contributed by atoms with van der Waals surface area (Å²) in [6, 6.07) is 15.0. The number of rotatable bonds is 2. The van der Waals surface area contributed by atoms with E-state index in [4.69, 9.17) is 5.26 Å². The third-order valence-electron chi connectivity index (χ3n) is 2.55. The molecule has 2 aromatic heterocycles. The summed E-state index contributed by atoms with van der Waals surface area (Å²) in [6.45, 7) is 0. The van der Waals surface area contributed by atoms with E-state index in [-0.39, 0.29) is 5.69 Å². The average molecular weight is 248 g/mol. The van der Waals surface area contributed by atoms with E-state index in [0.717, 1.165) is 5.56 Å². The van der Waals surface area contributed by atoms with Crippen molar-refractivity contribution >= 4 is 0 Å². The van der Waals surface area contributed by atoms with E-state index in [1.165, 1.54) is 4.80 Å². The zero-order chi connectivity index (χ0) is 13.1. The van der Waals surface area contributed by atoms with Crippen molar-refractivity contribution in [3.05, 3.63) is 54.4 Å². The van der Waals surface area contributed by atoms with Crippen LogP contribution >= 0.6 is 0 Å². The molecule has 6 nitrogen and oxygen atoms in total. The van der Waals surface area contributed by atoms with E-state index in [0.29, 0.717) is 11.5 Å². The van der Waals surface area contributed by atoms with Crippen LogP contribution in [0, 0.1) is 11.3 Å². The Morgan fingerprint density at radius 2 is 1.89 bits per heavy atom. The molecule has 3 rings (SSSR count). The second-order valence-electron chi connectivity index (χ2n) is 3.75. The van der Waals surface area contributed by atoms with Gasteiger partial charge in [0.25, 0.3) is 0 Å². The van der Waals surface area contributed by atoms with E-state index >= 15 is 0 Å². The number of pyridine rings is 1. The molecule has 2 heterocycles. The highest BCUT2D eigenvalue weighted by Gasteiger charge is 2.10. The van der Waals surface area contributed by atoms with Crippen molar-refractivity contribution < 1.29 is 0 Å². The minimum Gasteiger partial charge on any atom is -0.243 e. The Bertz CT molecular complexity index is 741. The number of nitriles is 1. The van der Waals surface area contributed by atoms with E-state index < -0.39 is 0 Å². The van der Waals surface area contributed by atoms with Gasteiger partial charge in [0.1, 0.15) is 11.8 Å². The first-order chi connectivity index (χ1) is 9.38. The third kappa shape index (κ3) is 2.05. The zero-order valence-electron chi connectivity index (χ0n) is 9.80. The SMILES string of the molecule is N#Cc1ncccc1-n1nnc(-c2ccccc2)n1. The highest BCUT2D eigenvalue weighted by molar-refractivity contribution is 5.53. The molecule has 0 saturated carbocycles. The number of hydrogen-bond acceptors (Lipinski definition) is 5. The smallest absolute Gasteiger partial charge is 0.205 e. The van der Waals surface area contributed by atoms with Gasteiger partial charge in [0, 0.05) is 11.8 Å². The Labute approximate surface area is 109 Å². The minimum atomic E-state index is 0.263. The molecule has 3 aromatic rings. The summed E-state index contributed by atoms with van der Waals surface area (Å²) in [4.78, 5) is 5.28. The van der Waals surface area contributed by atoms with Crippen LogP contribution in [0.25, 0.3) is 17.1 Å². The predicted octanol–water partition coefficient (Wildman–Crippen LogP) is 1.60. The maximum atomic E-state index is 9.00. The summed E-state index contributed by atoms with van der Waals surface area (Å²) >= 11 is 0. The Morgan fingerprint density at radius 1 is 1.05 bits per heavy atom. The lowest BCUT2D eigenvalue weighted by Crippen LogP contribution is -2.03. The molecule has 0 amide bonds. The standard InChI is InChI=1S/C13H8N6/c14-9-11-12(7-4-8-15-11)19-17-13(16-18-19)10-5-2-1-3-6-10/h1-8H. The summed E-state index contributed by atoms with van der Waals surface area (Å²) in [5.74, 6) is 0.508. The minimum absolute atomic E-state index is 0.263. The quantitative estimate of drug-likeness (QED) is 0.688. The molecule has 0 aliphatic heterocycles. The molecule has 0 bridgehead atoms. The number of aromatic nitrogens is 5. The first kappa shape index (κ1) is 11.0. The summed E-state index contributed by atoms with van der Waals surface area (Å²) in [6.07, 6.45) is 1.55. The van der Waals surface area contributed by atoms with E-state index in [2.05, 4.69) is 20.4 Å². The van der Waals surface area contributed by atoms with Crippen LogP contribution in [0.2, 0.25) is 0 Å². The molecule has 0 unspecified atom stereocenters. The van der Waals surface area contributed by atoms with Gasteiger partial charge in [-0.1, -0.05) is 30.3 Å². The molecule has 1 aromatic carbocycles. The summed E-state index contributed by atoms with van der Waals surface area (Å²) < 4.78 is 0. The van der Waals surface area contributed by atoms with Crippen LogP contribution < -0.4 is 0 Å². The monoisotopic (exact) mass is 248 g/mol. The molecule has 90 valence electrons. The molecular weight excluding hydrogens is 240 g/mol. The zero-order valence-corrected chi connectivity index (χ0v) is 9.80. The molecule has 0 saturated heterocycles. The van der Waals surface area contributed by atoms with Gasteiger partial charge in [-0.2, -0.15) is 5.26 Å². The van der Waals surface area contributed by atoms with Crippen molar-refractivity contribution in [2.45, 2.75) is 0 Å². The van der Waals surface area contributed by atoms with Crippen molar-refractivity contribution in [2.75, 3.05) is 0 Å². The van der Waals surface area contributed by atoms with E-state index in [9.17, 15) is 0 Å². The molecule has 0 radical (unpaired) electrons. The van der Waals surface area contributed by atoms with Crippen LogP contribution in [-0.2, 0) is 0 Å². The topological polar surface area (TPSA) is 80.3 Å². The maximum absolute atomic E-state index is 9.00. The second kappa shape index (κ2) is 4.66. The van der Waals surface area contributed by atoms with Crippen LogP contribution in [0.15, 0.2) is 48.7 Å². The lowest BCUT2D eigenvalue weighted by atomic mass is 10.2. The van der Waals surface area contributed by atoms with Gasteiger partial charge in [0.15, 0.2) is 5.69 Å². The Hall–Kier alpha value is -3.07. The summed E-state index contributed by atoms with van der Waals surface area (Å²) in [5, 5.41) is 21.2. The van der Waals surface area contributed by atoms with Gasteiger partial charge in [-0.3, -0.25) is 0 Å². The van der Waals surface area contributed by atoms with E-state index in [1.807, 2.05) is 36.4 Å². The number of tetrazole rings is 1. The molecule has 0 spiro atoms. The predicted molar refractivity (Wildman–Crippen MR) is 67.1 cm³/mol. The maximum Gasteiger partial charge on any atom is 0.205 e. The first-order valence-electron chi connectivity index (χ1n) is 5.59. The van der Waals surface area contributed by atoms with Crippen molar-refractivity contribution in [2.24, 2.45) is 0 Å². The van der Waals surface area contributed by atoms with Crippen molar-refractivity contribution in [3.8, 4) is 23.1 Å². The Kier molecular flexibility index (Phi) is 2.71. The van der Waals surface area contributed by atoms with Crippen molar-refractivity contribution in [3.63, 3.8) is 0 Å². The van der Waals surface area contributed by atoms with Crippen molar-refractivity contribution in [1.82, 2.24) is 25.2 Å². The fourth-order valence-corrected chi connectivity index (χ4v) is 1.66. The molecule has 0 aliphatic rings. The Balaban J connectivity index is 2.05. The van der Waals surface area contributed by atoms with Gasteiger partial charge in [0.2, 0.25) is 5.82 Å². The van der Waals surface area contributed by atoms with Gasteiger partial charge in [0.05, 0.1) is 0 Å². The number of nitrogens with zero attached hydrogens (tertiary/aromatic N) is 6. The second-order valence-corrected chi connectivity index (χ2v) is 3.75. The summed E-state index contributed by atoms with van der Waals surface area (Å²) in [7, 11) is 0. The van der Waals surface area contributed by atoms with Gasteiger partial charge in [-0.15, -0.1) is 15.0 Å². The van der Waals surface area contributed by atoms with Crippen LogP contribution in [0.1, 0.15) is 5.69 Å². The number of hydrogen-bond donors (Lipinski definition) is 0. The van der Waals surface area contributed by atoms with Crippen LogP contribution in [0.3, 0.4) is 0 Å². The molecule has 0 aliphatic carbocycles. The molecule has 6 heteroatoms. The van der Waals surface area contributed by atoms with Crippen molar-refractivity contribution in [1.29, 1.82) is 5.26 Å². The van der Waals surface area contributed by atoms with Gasteiger partial charge >= 0.3 is 0 Å². The fourth-order valence-electron chi connectivity index (χ4n) is 1.66. The summed E-state index contributed by atoms with van der Waals surface area (Å²) in [5.41, 5.74) is 1.65. The highest BCUT2D eigenvalue weighted by atomic mass is 15.6. The van der Waals surface area contributed by atoms with Crippen LogP contribution in [0.4, 0.5) is 0 Å². The molecular formula is C13H8N6. The Morgan fingerprint density at radius 3 is 2.68 bits per heavy atom. The average Bonchev–Trinajstić information content (AvgIpc) is 2.98. The van der Waals surface area contributed by atoms with Crippen LogP contribution in [-0.4, -0.2) is 25.2 Å². The first-order valence-corrected chi connectivity index (χ1v) is 5.59. The molecule has 0 fully saturated rings. The fraction of sp³-hybridized carbons (Fsp3) is 0. The third-order valence-corrected chi connectivity index (χ3v) is 2.55. The highest BCUT2D eigenvalue weighted by Crippen LogP contribution is 2.14. The largest absolute Gasteiger partial charge is 0.243 e. The number of benzene rings is 1. The normalized spacial score (nSPS) is 10.1. The van der Waals surface area contributed by atoms with Gasteiger partial charge < -0.3 is 0 Å². The molecule has 0 atom stereocenters. The van der Waals surface area contributed by atoms with Crippen LogP contribution in [0.5, 0.6) is 0 Å². The molecule has 19 heavy (non-hydrogen) atoms. The molecule has 0 N–H and O–H groups in total. The van der Waals surface area contributed by atoms with Gasteiger partial charge in [-0.05, 0) is 17.3 Å².